The lowest BCUT2D eigenvalue weighted by atomic mass is 10.1. The van der Waals surface area contributed by atoms with Crippen molar-refractivity contribution in [1.29, 1.82) is 0 Å². The highest BCUT2D eigenvalue weighted by atomic mass is 16.5. The Morgan fingerprint density at radius 2 is 1.88 bits per heavy atom. The Labute approximate surface area is 100 Å². The lowest BCUT2D eigenvalue weighted by Crippen LogP contribution is -2.28. The number of hydrogen-bond acceptors (Lipinski definition) is 2. The van der Waals surface area contributed by atoms with Crippen LogP contribution in [0.1, 0.15) is 47.0 Å². The second-order valence-corrected chi connectivity index (χ2v) is 5.02. The summed E-state index contributed by atoms with van der Waals surface area (Å²) in [6.07, 6.45) is 2.84. The van der Waals surface area contributed by atoms with Crippen molar-refractivity contribution in [3.63, 3.8) is 0 Å². The van der Waals surface area contributed by atoms with Crippen molar-refractivity contribution >= 4 is 5.91 Å². The van der Waals surface area contributed by atoms with E-state index in [0.29, 0.717) is 12.3 Å². The topological polar surface area (TPSA) is 29.5 Å². The van der Waals surface area contributed by atoms with Gasteiger partial charge in [-0.05, 0) is 32.6 Å². The van der Waals surface area contributed by atoms with E-state index in [2.05, 4.69) is 13.8 Å². The van der Waals surface area contributed by atoms with Gasteiger partial charge in [0.2, 0.25) is 5.91 Å². The summed E-state index contributed by atoms with van der Waals surface area (Å²) in [7, 11) is 1.87. The fourth-order valence-electron chi connectivity index (χ4n) is 1.35. The standard InChI is InChI=1S/C13H27NO2/c1-11(2)7-8-13(15)14(5)9-6-10-16-12(3)4/h11-12H,6-10H2,1-5H3. The molecule has 0 unspecified atom stereocenters. The minimum absolute atomic E-state index is 0.248. The smallest absolute Gasteiger partial charge is 0.222 e. The molecule has 0 rings (SSSR count). The van der Waals surface area contributed by atoms with E-state index in [-0.39, 0.29) is 12.0 Å². The quantitative estimate of drug-likeness (QED) is 0.599. The summed E-state index contributed by atoms with van der Waals surface area (Å²) in [5.41, 5.74) is 0. The maximum absolute atomic E-state index is 11.7. The van der Waals surface area contributed by atoms with E-state index in [1.807, 2.05) is 25.8 Å². The predicted octanol–water partition coefficient (Wildman–Crippen LogP) is 2.70. The molecule has 0 saturated carbocycles. The van der Waals surface area contributed by atoms with Crippen LogP contribution in [0, 0.1) is 5.92 Å². The minimum Gasteiger partial charge on any atom is -0.379 e. The molecule has 0 fully saturated rings. The van der Waals surface area contributed by atoms with Gasteiger partial charge in [0.15, 0.2) is 0 Å². The molecular formula is C13H27NO2. The number of carbonyl (C=O) groups excluding carboxylic acids is 1. The lowest BCUT2D eigenvalue weighted by molar-refractivity contribution is -0.130. The van der Waals surface area contributed by atoms with Crippen LogP contribution in [-0.2, 0) is 9.53 Å². The first kappa shape index (κ1) is 15.4. The third kappa shape index (κ3) is 8.72. The first-order valence-corrected chi connectivity index (χ1v) is 6.29. The van der Waals surface area contributed by atoms with Crippen LogP contribution in [0.25, 0.3) is 0 Å². The summed E-state index contributed by atoms with van der Waals surface area (Å²) in [5, 5.41) is 0. The van der Waals surface area contributed by atoms with Gasteiger partial charge in [-0.1, -0.05) is 13.8 Å². The van der Waals surface area contributed by atoms with Gasteiger partial charge < -0.3 is 9.64 Å². The Kier molecular flexibility index (Phi) is 8.26. The van der Waals surface area contributed by atoms with E-state index in [0.717, 1.165) is 26.0 Å². The van der Waals surface area contributed by atoms with Crippen LogP contribution in [0.5, 0.6) is 0 Å². The Morgan fingerprint density at radius 1 is 1.25 bits per heavy atom. The third-order valence-corrected chi connectivity index (χ3v) is 2.45. The molecule has 3 heteroatoms. The van der Waals surface area contributed by atoms with Gasteiger partial charge in [0.25, 0.3) is 0 Å². The maximum Gasteiger partial charge on any atom is 0.222 e. The van der Waals surface area contributed by atoms with Gasteiger partial charge in [-0.15, -0.1) is 0 Å². The lowest BCUT2D eigenvalue weighted by Gasteiger charge is -2.18. The summed E-state index contributed by atoms with van der Waals surface area (Å²) in [5.74, 6) is 0.847. The van der Waals surface area contributed by atoms with Gasteiger partial charge in [-0.25, -0.2) is 0 Å². The van der Waals surface area contributed by atoms with E-state index >= 15 is 0 Å². The van der Waals surface area contributed by atoms with Crippen LogP contribution in [0.3, 0.4) is 0 Å². The van der Waals surface area contributed by atoms with Gasteiger partial charge in [0.1, 0.15) is 0 Å². The fraction of sp³-hybridized carbons (Fsp3) is 0.923. The summed E-state index contributed by atoms with van der Waals surface area (Å²) < 4.78 is 5.43. The highest BCUT2D eigenvalue weighted by molar-refractivity contribution is 5.75. The number of ether oxygens (including phenoxy) is 1. The van der Waals surface area contributed by atoms with E-state index in [1.165, 1.54) is 0 Å². The van der Waals surface area contributed by atoms with Crippen LogP contribution >= 0.6 is 0 Å². The zero-order valence-electron chi connectivity index (χ0n) is 11.5. The van der Waals surface area contributed by atoms with Crippen LogP contribution in [0.2, 0.25) is 0 Å². The summed E-state index contributed by atoms with van der Waals surface area (Å²) in [4.78, 5) is 13.5. The molecule has 16 heavy (non-hydrogen) atoms. The molecule has 0 aromatic carbocycles. The van der Waals surface area contributed by atoms with E-state index in [4.69, 9.17) is 4.74 Å². The van der Waals surface area contributed by atoms with Gasteiger partial charge in [0.05, 0.1) is 6.10 Å². The first-order chi connectivity index (χ1) is 7.43. The molecule has 1 amide bonds. The van der Waals surface area contributed by atoms with Crippen LogP contribution in [0.15, 0.2) is 0 Å². The van der Waals surface area contributed by atoms with Crippen molar-refractivity contribution in [3.05, 3.63) is 0 Å². The molecule has 0 aliphatic heterocycles. The first-order valence-electron chi connectivity index (χ1n) is 6.29. The number of hydrogen-bond donors (Lipinski definition) is 0. The average molecular weight is 229 g/mol. The van der Waals surface area contributed by atoms with E-state index in [9.17, 15) is 4.79 Å². The van der Waals surface area contributed by atoms with Crippen molar-refractivity contribution in [1.82, 2.24) is 4.90 Å². The van der Waals surface area contributed by atoms with Crippen LogP contribution < -0.4 is 0 Å². The van der Waals surface area contributed by atoms with Crippen molar-refractivity contribution < 1.29 is 9.53 Å². The second-order valence-electron chi connectivity index (χ2n) is 5.02. The Morgan fingerprint density at radius 3 is 2.38 bits per heavy atom. The monoisotopic (exact) mass is 229 g/mol. The summed E-state index contributed by atoms with van der Waals surface area (Å²) >= 11 is 0. The number of carbonyl (C=O) groups is 1. The molecule has 0 saturated heterocycles. The highest BCUT2D eigenvalue weighted by Gasteiger charge is 2.08. The van der Waals surface area contributed by atoms with Gasteiger partial charge in [-0.3, -0.25) is 4.79 Å². The SMILES string of the molecule is CC(C)CCC(=O)N(C)CCCOC(C)C. The number of rotatable bonds is 8. The molecule has 3 nitrogen and oxygen atoms in total. The average Bonchev–Trinajstić information content (AvgIpc) is 2.20. The van der Waals surface area contributed by atoms with Crippen molar-refractivity contribution in [2.24, 2.45) is 5.92 Å². The largest absolute Gasteiger partial charge is 0.379 e. The summed E-state index contributed by atoms with van der Waals surface area (Å²) in [6, 6.07) is 0. The van der Waals surface area contributed by atoms with Gasteiger partial charge >= 0.3 is 0 Å². The van der Waals surface area contributed by atoms with Gasteiger partial charge in [-0.2, -0.15) is 0 Å². The van der Waals surface area contributed by atoms with Crippen LogP contribution in [-0.4, -0.2) is 37.1 Å². The summed E-state index contributed by atoms with van der Waals surface area (Å²) in [6.45, 7) is 9.87. The molecule has 0 bridgehead atoms. The predicted molar refractivity (Wildman–Crippen MR) is 67.4 cm³/mol. The van der Waals surface area contributed by atoms with Gasteiger partial charge in [0, 0.05) is 26.6 Å². The van der Waals surface area contributed by atoms with Crippen LogP contribution in [0.4, 0.5) is 0 Å². The van der Waals surface area contributed by atoms with Crippen molar-refractivity contribution in [2.45, 2.75) is 53.1 Å². The molecule has 0 spiro atoms. The molecule has 0 aromatic heterocycles. The molecule has 0 N–H and O–H groups in total. The van der Waals surface area contributed by atoms with Crippen molar-refractivity contribution in [3.8, 4) is 0 Å². The van der Waals surface area contributed by atoms with Crippen molar-refractivity contribution in [2.75, 3.05) is 20.2 Å². The number of nitrogens with zero attached hydrogens (tertiary/aromatic N) is 1. The molecule has 0 radical (unpaired) electrons. The Hall–Kier alpha value is -0.570. The molecule has 0 atom stereocenters. The Balaban J connectivity index is 3.55. The molecular weight excluding hydrogens is 202 g/mol. The fourth-order valence-corrected chi connectivity index (χ4v) is 1.35. The molecule has 0 aliphatic carbocycles. The maximum atomic E-state index is 11.7. The molecule has 0 aliphatic rings. The minimum atomic E-state index is 0.248. The number of amides is 1. The molecule has 0 heterocycles. The van der Waals surface area contributed by atoms with E-state index < -0.39 is 0 Å². The second kappa shape index (κ2) is 8.57. The zero-order valence-corrected chi connectivity index (χ0v) is 11.5. The zero-order chi connectivity index (χ0) is 12.6. The third-order valence-electron chi connectivity index (χ3n) is 2.45. The highest BCUT2D eigenvalue weighted by Crippen LogP contribution is 2.05. The normalized spacial score (nSPS) is 11.2. The Bertz CT molecular complexity index is 190. The molecule has 96 valence electrons. The van der Waals surface area contributed by atoms with E-state index in [1.54, 1.807) is 0 Å². The molecule has 0 aromatic rings.